The molecule has 3 atom stereocenters. The first-order valence-corrected chi connectivity index (χ1v) is 25.8. The molecule has 2 aromatic carbocycles. The van der Waals surface area contributed by atoms with Gasteiger partial charge in [0.2, 0.25) is 17.7 Å². The fraction of sp³-hybridized carbons (Fsp3) is 0.528. The molecule has 0 radical (unpaired) electrons. The number of carbonyl (C=O) groups is 3. The molecule has 3 aromatic heterocycles. The van der Waals surface area contributed by atoms with Gasteiger partial charge in [-0.25, -0.2) is 4.98 Å². The summed E-state index contributed by atoms with van der Waals surface area (Å²) in [7, 11) is 0. The highest BCUT2D eigenvalue weighted by molar-refractivity contribution is 7.13. The molecule has 69 heavy (non-hydrogen) atoms. The van der Waals surface area contributed by atoms with Crippen molar-refractivity contribution in [3.63, 3.8) is 0 Å². The number of unbranched alkanes of at least 4 members (excludes halogenated alkanes) is 2. The number of carbonyl (C=O) groups excluding carboxylic acids is 3. The number of nitrogens with one attached hydrogen (secondary N) is 2. The van der Waals surface area contributed by atoms with Crippen molar-refractivity contribution in [3.05, 3.63) is 83.8 Å². The number of aliphatic hydroxyl groups is 1. The quantitative estimate of drug-likeness (QED) is 0.0574. The van der Waals surface area contributed by atoms with Crippen molar-refractivity contribution < 1.29 is 24.6 Å². The van der Waals surface area contributed by atoms with Gasteiger partial charge in [-0.3, -0.25) is 19.1 Å². The van der Waals surface area contributed by atoms with Gasteiger partial charge in [0.25, 0.3) is 0 Å². The van der Waals surface area contributed by atoms with Crippen LogP contribution in [0.1, 0.15) is 103 Å². The minimum Gasteiger partial charge on any atom is -0.507 e. The number of anilines is 1. The normalized spacial score (nSPS) is 20.7. The number of nitrogens with two attached hydrogens (primary N) is 1. The second-order valence-electron chi connectivity index (χ2n) is 20.7. The highest BCUT2D eigenvalue weighted by Crippen LogP contribution is 2.35. The Kier molecular flexibility index (Phi) is 16.1. The largest absolute Gasteiger partial charge is 0.507 e. The number of phenols is 1. The minimum absolute atomic E-state index is 0.0510. The molecule has 1 aliphatic carbocycles. The Bertz CT molecular complexity index is 2520. The Morgan fingerprint density at radius 2 is 1.65 bits per heavy atom. The number of hydrogen-bond donors (Lipinski definition) is 5. The van der Waals surface area contributed by atoms with Crippen molar-refractivity contribution in [1.82, 2.24) is 45.4 Å². The molecule has 8 rings (SSSR count). The number of benzene rings is 2. The number of aromatic hydroxyl groups is 1. The monoisotopic (exact) mass is 959 g/mol. The van der Waals surface area contributed by atoms with Crippen molar-refractivity contribution in [1.29, 1.82) is 0 Å². The van der Waals surface area contributed by atoms with E-state index in [4.69, 9.17) is 5.73 Å². The van der Waals surface area contributed by atoms with Crippen molar-refractivity contribution >= 4 is 34.9 Å². The Labute approximate surface area is 410 Å². The molecule has 0 spiro atoms. The Morgan fingerprint density at radius 3 is 2.36 bits per heavy atom. The van der Waals surface area contributed by atoms with Gasteiger partial charge in [-0.15, -0.1) is 21.5 Å². The van der Waals surface area contributed by atoms with Gasteiger partial charge in [-0.2, -0.15) is 5.10 Å². The number of nitrogen functional groups attached to an aromatic ring is 1. The molecule has 3 amide bonds. The van der Waals surface area contributed by atoms with Crippen LogP contribution < -0.4 is 16.4 Å². The second-order valence-corrected chi connectivity index (χ2v) is 21.6. The number of hydrogen-bond acceptors (Lipinski definition) is 12. The van der Waals surface area contributed by atoms with Gasteiger partial charge in [0.05, 0.1) is 34.1 Å². The number of aryl methyl sites for hydroxylation is 1. The molecule has 1 saturated carbocycles. The Morgan fingerprint density at radius 1 is 0.899 bits per heavy atom. The van der Waals surface area contributed by atoms with Crippen LogP contribution in [0.4, 0.5) is 5.82 Å². The third kappa shape index (κ3) is 12.6. The van der Waals surface area contributed by atoms with Crippen molar-refractivity contribution in [2.24, 2.45) is 23.2 Å². The van der Waals surface area contributed by atoms with Crippen molar-refractivity contribution in [2.75, 3.05) is 31.9 Å². The van der Waals surface area contributed by atoms with Crippen LogP contribution in [0.5, 0.6) is 5.75 Å². The molecule has 5 heterocycles. The van der Waals surface area contributed by atoms with E-state index in [1.54, 1.807) is 23.5 Å². The molecule has 3 aliphatic rings. The zero-order valence-corrected chi connectivity index (χ0v) is 41.5. The number of β-amino-alcohol motifs (C(OH)–C–C–N with tert-alkyl or cyclic N) is 1. The summed E-state index contributed by atoms with van der Waals surface area (Å²) in [6.07, 6.45) is 13.9. The average molecular weight is 959 g/mol. The molecule has 16 heteroatoms. The molecule has 3 fully saturated rings. The lowest BCUT2D eigenvalue weighted by Gasteiger charge is -2.37. The van der Waals surface area contributed by atoms with Gasteiger partial charge in [-0.05, 0) is 118 Å². The Hall–Kier alpha value is -5.71. The lowest BCUT2D eigenvalue weighted by molar-refractivity contribution is -0.144. The third-order valence-electron chi connectivity index (χ3n) is 14.6. The number of aromatic nitrogens is 5. The van der Waals surface area contributed by atoms with E-state index in [0.717, 1.165) is 97.5 Å². The van der Waals surface area contributed by atoms with Crippen molar-refractivity contribution in [3.8, 4) is 38.6 Å². The molecule has 15 nitrogen and oxygen atoms in total. The van der Waals surface area contributed by atoms with E-state index < -0.39 is 23.6 Å². The maximum atomic E-state index is 14.2. The Balaban J connectivity index is 0.720. The summed E-state index contributed by atoms with van der Waals surface area (Å²) in [5.74, 6) is 0.765. The number of rotatable bonds is 17. The first-order valence-electron chi connectivity index (χ1n) is 24.9. The fourth-order valence-corrected chi connectivity index (χ4v) is 11.2. The molecule has 5 aromatic rings. The van der Waals surface area contributed by atoms with E-state index in [1.165, 1.54) is 30.6 Å². The summed E-state index contributed by atoms with van der Waals surface area (Å²) in [5.41, 5.74) is 13.2. The molecule has 0 bridgehead atoms. The highest BCUT2D eigenvalue weighted by Gasteiger charge is 2.45. The van der Waals surface area contributed by atoms with Crippen LogP contribution in [0.3, 0.4) is 0 Å². The van der Waals surface area contributed by atoms with Crippen LogP contribution in [-0.2, 0) is 27.5 Å². The van der Waals surface area contributed by atoms with E-state index in [1.807, 2.05) is 92.7 Å². The van der Waals surface area contributed by atoms with Crippen molar-refractivity contribution in [2.45, 2.75) is 130 Å². The van der Waals surface area contributed by atoms with Gasteiger partial charge >= 0.3 is 0 Å². The standard InChI is InChI=1S/C53H70N10O5S/c1-34-47(69-33-56-34)38-17-15-36(16-18-38)28-55-51(67)45-26-41(64)32-63(45)52(68)48(53(2,3)4)58-50(66)39-19-13-35(14-20-39)10-6-5-9-23-61-24-21-37(22-25-61)30-62-31-40(29-57-62)43-27-44(59-60-49(43)54)42-11-7-8-12-46(42)65/h7-8,11-12,15-18,27,29,31,33,35,37,39,41,45,48,64-65H,5-6,9-10,13-14,19-26,28,30,32H2,1-4H3,(H2,54,60)(H,55,67)(H,58,66)/t35-,39-,41-,45+,48-/m1/s1. The van der Waals surface area contributed by atoms with Crippen LogP contribution >= 0.6 is 11.3 Å². The van der Waals surface area contributed by atoms with Gasteiger partial charge in [0, 0.05) is 54.9 Å². The lowest BCUT2D eigenvalue weighted by atomic mass is 9.78. The van der Waals surface area contributed by atoms with E-state index in [2.05, 4.69) is 35.8 Å². The summed E-state index contributed by atoms with van der Waals surface area (Å²) >= 11 is 1.59. The summed E-state index contributed by atoms with van der Waals surface area (Å²) in [6.45, 7) is 12.3. The predicted molar refractivity (Wildman–Crippen MR) is 269 cm³/mol. The maximum Gasteiger partial charge on any atom is 0.246 e. The molecular formula is C53H70N10O5S. The van der Waals surface area contributed by atoms with Gasteiger partial charge < -0.3 is 36.4 Å². The van der Waals surface area contributed by atoms with Crippen LogP contribution in [0.2, 0.25) is 0 Å². The number of para-hydroxylation sites is 1. The first kappa shape index (κ1) is 49.7. The number of aliphatic hydroxyl groups excluding tert-OH is 1. The number of nitrogens with zero attached hydrogens (tertiary/aromatic N) is 7. The molecular weight excluding hydrogens is 889 g/mol. The third-order valence-corrected chi connectivity index (χ3v) is 15.6. The topological polar surface area (TPSA) is 205 Å². The zero-order chi connectivity index (χ0) is 48.7. The van der Waals surface area contributed by atoms with Crippen LogP contribution in [-0.4, -0.2) is 107 Å². The summed E-state index contributed by atoms with van der Waals surface area (Å²) in [4.78, 5) is 51.1. The average Bonchev–Trinajstić information content (AvgIpc) is 4.10. The van der Waals surface area contributed by atoms with Crippen LogP contribution in [0.25, 0.3) is 32.8 Å². The molecule has 2 aliphatic heterocycles. The molecule has 6 N–H and O–H groups in total. The highest BCUT2D eigenvalue weighted by atomic mass is 32.1. The molecule has 368 valence electrons. The molecule has 0 unspecified atom stereocenters. The van der Waals surface area contributed by atoms with Crippen LogP contribution in [0, 0.1) is 30.1 Å². The van der Waals surface area contributed by atoms with Gasteiger partial charge in [0.1, 0.15) is 17.8 Å². The maximum absolute atomic E-state index is 14.2. The summed E-state index contributed by atoms with van der Waals surface area (Å²) < 4.78 is 2.01. The number of amides is 3. The first-order chi connectivity index (χ1) is 33.2. The number of thiazole rings is 1. The summed E-state index contributed by atoms with van der Waals surface area (Å²) in [5, 5.41) is 40.1. The molecule has 2 saturated heterocycles. The second kappa shape index (κ2) is 22.4. The fourth-order valence-electron chi connectivity index (χ4n) is 10.4. The van der Waals surface area contributed by atoms with E-state index in [9.17, 15) is 24.6 Å². The predicted octanol–water partition coefficient (Wildman–Crippen LogP) is 7.61. The van der Waals surface area contributed by atoms with E-state index in [-0.39, 0.29) is 42.4 Å². The summed E-state index contributed by atoms with van der Waals surface area (Å²) in [6, 6.07) is 15.3. The number of likely N-dealkylation sites (tertiary alicyclic amines) is 2. The van der Waals surface area contributed by atoms with E-state index in [0.29, 0.717) is 35.5 Å². The SMILES string of the molecule is Cc1ncsc1-c1ccc(CNC(=O)[C@@H]2C[C@@H](O)CN2C(=O)[C@@H](NC(=O)[C@H]2CC[C@H](CCCCCN3CCC(Cn4cc(-c5cc(-c6ccccc6O)nnc5N)cn4)CC3)CC2)C(C)(C)C)cc1. The number of phenolic OH excluding ortho intramolecular Hbond substituents is 1. The van der Waals surface area contributed by atoms with E-state index >= 15 is 0 Å². The number of piperidine rings is 1. The lowest BCUT2D eigenvalue weighted by Crippen LogP contribution is -2.58. The smallest absolute Gasteiger partial charge is 0.246 e. The zero-order valence-electron chi connectivity index (χ0n) is 40.6. The van der Waals surface area contributed by atoms with Crippen LogP contribution in [0.15, 0.2) is 72.5 Å². The minimum atomic E-state index is -0.828. The van der Waals surface area contributed by atoms with Gasteiger partial charge in [0.15, 0.2) is 5.82 Å². The van der Waals surface area contributed by atoms with Gasteiger partial charge in [-0.1, -0.05) is 76.4 Å².